The number of fused-ring (bicyclic) bond motifs is 1. The molecule has 4 rings (SSSR count). The van der Waals surface area contributed by atoms with Crippen molar-refractivity contribution in [2.75, 3.05) is 16.5 Å². The van der Waals surface area contributed by atoms with Crippen molar-refractivity contribution in [2.45, 2.75) is 13.0 Å². The molecule has 0 spiro atoms. The third kappa shape index (κ3) is 2.75. The number of hydrogen-bond acceptors (Lipinski definition) is 6. The molecule has 7 nitrogen and oxygen atoms in total. The topological polar surface area (TPSA) is 79.3 Å². The number of carbonyl (C=O) groups is 3. The molecule has 2 aliphatic rings. The van der Waals surface area contributed by atoms with E-state index in [0.717, 1.165) is 4.90 Å². The molecule has 2 atom stereocenters. The number of imide groups is 1. The molecule has 0 aromatic heterocycles. The fourth-order valence-corrected chi connectivity index (χ4v) is 3.67. The van der Waals surface area contributed by atoms with Crippen LogP contribution in [0, 0.1) is 5.92 Å². The lowest BCUT2D eigenvalue weighted by Crippen LogP contribution is -2.39. The minimum atomic E-state index is -1.05. The predicted molar refractivity (Wildman–Crippen MR) is 104 cm³/mol. The molecule has 2 aliphatic heterocycles. The highest BCUT2D eigenvalue weighted by Crippen LogP contribution is 2.39. The summed E-state index contributed by atoms with van der Waals surface area (Å²) in [4.78, 5) is 39.9. The molecule has 8 heteroatoms. The third-order valence-electron chi connectivity index (χ3n) is 4.65. The van der Waals surface area contributed by atoms with Gasteiger partial charge in [0.25, 0.3) is 5.91 Å². The first-order valence-corrected chi connectivity index (χ1v) is 9.14. The Morgan fingerprint density at radius 1 is 1.07 bits per heavy atom. The van der Waals surface area contributed by atoms with E-state index in [0.29, 0.717) is 5.69 Å². The van der Waals surface area contributed by atoms with Gasteiger partial charge in [-0.3, -0.25) is 14.6 Å². The number of rotatable bonds is 4. The summed E-state index contributed by atoms with van der Waals surface area (Å²) in [6, 6.07) is 14.5. The molecule has 2 aromatic carbocycles. The number of ether oxygens (including phenoxy) is 1. The summed E-state index contributed by atoms with van der Waals surface area (Å²) in [6.07, 6.45) is 0. The quantitative estimate of drug-likeness (QED) is 0.585. The maximum absolute atomic E-state index is 13.2. The monoisotopic (exact) mass is 397 g/mol. The molecule has 2 amide bonds. The van der Waals surface area contributed by atoms with Crippen molar-refractivity contribution in [1.82, 2.24) is 0 Å². The molecule has 2 aromatic rings. The Bertz CT molecular complexity index is 992. The van der Waals surface area contributed by atoms with Gasteiger partial charge >= 0.3 is 5.97 Å². The van der Waals surface area contributed by atoms with Gasteiger partial charge in [0, 0.05) is 0 Å². The second-order valence-corrected chi connectivity index (χ2v) is 6.68. The van der Waals surface area contributed by atoms with Gasteiger partial charge < -0.3 is 4.74 Å². The van der Waals surface area contributed by atoms with Crippen LogP contribution in [-0.4, -0.2) is 36.1 Å². The minimum absolute atomic E-state index is 0.0800. The Morgan fingerprint density at radius 3 is 2.43 bits per heavy atom. The molecule has 1 fully saturated rings. The molecule has 142 valence electrons. The highest BCUT2D eigenvalue weighted by molar-refractivity contribution is 6.48. The largest absolute Gasteiger partial charge is 0.461 e. The molecule has 28 heavy (non-hydrogen) atoms. The molecule has 0 aliphatic carbocycles. The van der Waals surface area contributed by atoms with Crippen LogP contribution in [0.1, 0.15) is 6.92 Å². The molecule has 0 radical (unpaired) electrons. The number of benzene rings is 2. The van der Waals surface area contributed by atoms with Gasteiger partial charge in [0.1, 0.15) is 12.0 Å². The zero-order valence-corrected chi connectivity index (χ0v) is 15.7. The lowest BCUT2D eigenvalue weighted by molar-refractivity contribution is -0.136. The van der Waals surface area contributed by atoms with Crippen LogP contribution in [0.15, 0.2) is 59.7 Å². The Morgan fingerprint density at radius 2 is 1.75 bits per heavy atom. The zero-order valence-electron chi connectivity index (χ0n) is 14.9. The van der Waals surface area contributed by atoms with E-state index in [1.807, 2.05) is 6.07 Å². The Balaban J connectivity index is 1.81. The lowest BCUT2D eigenvalue weighted by Gasteiger charge is -2.22. The maximum atomic E-state index is 13.2. The van der Waals surface area contributed by atoms with Gasteiger partial charge in [-0.05, 0) is 31.2 Å². The third-order valence-corrected chi connectivity index (χ3v) is 4.97. The van der Waals surface area contributed by atoms with Gasteiger partial charge in [0.2, 0.25) is 5.91 Å². The maximum Gasteiger partial charge on any atom is 0.355 e. The molecule has 0 N–H and O–H groups in total. The van der Waals surface area contributed by atoms with Crippen molar-refractivity contribution >= 4 is 46.5 Å². The van der Waals surface area contributed by atoms with Gasteiger partial charge in [0.15, 0.2) is 5.71 Å². The second-order valence-electron chi connectivity index (χ2n) is 6.27. The van der Waals surface area contributed by atoms with Crippen LogP contribution < -0.4 is 9.91 Å². The highest BCUT2D eigenvalue weighted by Gasteiger charge is 2.59. The lowest BCUT2D eigenvalue weighted by atomic mass is 9.98. The van der Waals surface area contributed by atoms with Gasteiger partial charge in [0.05, 0.1) is 23.0 Å². The van der Waals surface area contributed by atoms with Crippen molar-refractivity contribution in [3.05, 3.63) is 59.6 Å². The van der Waals surface area contributed by atoms with Crippen LogP contribution >= 0.6 is 11.6 Å². The van der Waals surface area contributed by atoms with E-state index in [9.17, 15) is 14.4 Å². The fraction of sp³-hybridized carbons (Fsp3) is 0.200. The Hall–Kier alpha value is -3.19. The molecule has 0 saturated carbocycles. The number of carbonyl (C=O) groups excluding carboxylic acids is 3. The van der Waals surface area contributed by atoms with E-state index >= 15 is 0 Å². The summed E-state index contributed by atoms with van der Waals surface area (Å²) in [5.41, 5.74) is 0.798. The normalized spacial score (nSPS) is 21.0. The average Bonchev–Trinajstić information content (AvgIpc) is 3.21. The number of anilines is 2. The van der Waals surface area contributed by atoms with Crippen LogP contribution in [0.4, 0.5) is 11.4 Å². The molecular formula is C20H16ClN3O4. The molecule has 0 bridgehead atoms. The van der Waals surface area contributed by atoms with Crippen molar-refractivity contribution in [3.8, 4) is 0 Å². The number of hydrazone groups is 1. The minimum Gasteiger partial charge on any atom is -0.461 e. The zero-order chi connectivity index (χ0) is 19.8. The van der Waals surface area contributed by atoms with Gasteiger partial charge in [-0.1, -0.05) is 41.9 Å². The second kappa shape index (κ2) is 7.09. The first kappa shape index (κ1) is 18.2. The number of amides is 2. The van der Waals surface area contributed by atoms with E-state index in [1.165, 1.54) is 5.01 Å². The van der Waals surface area contributed by atoms with Gasteiger partial charge in [-0.25, -0.2) is 9.69 Å². The molecular weight excluding hydrogens is 382 g/mol. The Labute approximate surface area is 166 Å². The summed E-state index contributed by atoms with van der Waals surface area (Å²) < 4.78 is 5.06. The van der Waals surface area contributed by atoms with E-state index < -0.39 is 29.7 Å². The fourth-order valence-electron chi connectivity index (χ4n) is 3.45. The average molecular weight is 398 g/mol. The van der Waals surface area contributed by atoms with E-state index in [1.54, 1.807) is 55.5 Å². The van der Waals surface area contributed by atoms with E-state index in [-0.39, 0.29) is 23.0 Å². The van der Waals surface area contributed by atoms with Crippen molar-refractivity contribution in [1.29, 1.82) is 0 Å². The molecule has 2 heterocycles. The number of para-hydroxylation sites is 2. The number of halogens is 1. The first-order valence-electron chi connectivity index (χ1n) is 8.76. The van der Waals surface area contributed by atoms with Crippen molar-refractivity contribution in [3.63, 3.8) is 0 Å². The van der Waals surface area contributed by atoms with Crippen LogP contribution in [0.25, 0.3) is 0 Å². The van der Waals surface area contributed by atoms with E-state index in [4.69, 9.17) is 16.3 Å². The summed E-state index contributed by atoms with van der Waals surface area (Å²) >= 11 is 6.21. The van der Waals surface area contributed by atoms with Crippen LogP contribution in [0.2, 0.25) is 5.02 Å². The molecule has 0 unspecified atom stereocenters. The van der Waals surface area contributed by atoms with Crippen LogP contribution in [0.3, 0.4) is 0 Å². The number of nitrogens with zero attached hydrogens (tertiary/aromatic N) is 3. The predicted octanol–water partition coefficient (Wildman–Crippen LogP) is 2.64. The van der Waals surface area contributed by atoms with Crippen molar-refractivity contribution < 1.29 is 19.1 Å². The van der Waals surface area contributed by atoms with Gasteiger partial charge in [-0.2, -0.15) is 5.10 Å². The van der Waals surface area contributed by atoms with Gasteiger partial charge in [-0.15, -0.1) is 0 Å². The number of esters is 1. The summed E-state index contributed by atoms with van der Waals surface area (Å²) in [6.45, 7) is 1.80. The van der Waals surface area contributed by atoms with Crippen LogP contribution in [-0.2, 0) is 19.1 Å². The smallest absolute Gasteiger partial charge is 0.355 e. The van der Waals surface area contributed by atoms with E-state index in [2.05, 4.69) is 5.10 Å². The standard InChI is InChI=1S/C20H16ClN3O4/c1-2-28-20(27)16-15-17(24(22-16)12-8-4-3-5-9-12)19(26)23(18(15)25)14-11-7-6-10-13(14)21/h3-11,15,17H,2H2,1H3/t15-,17+/m0/s1. The Kier molecular flexibility index (Phi) is 4.60. The molecule has 1 saturated heterocycles. The summed E-state index contributed by atoms with van der Waals surface area (Å²) in [7, 11) is 0. The van der Waals surface area contributed by atoms with Crippen LogP contribution in [0.5, 0.6) is 0 Å². The SMILES string of the molecule is CCOC(=O)C1=NN(c2ccccc2)[C@H]2C(=O)N(c3ccccc3Cl)C(=O)[C@@H]12. The van der Waals surface area contributed by atoms with Crippen molar-refractivity contribution in [2.24, 2.45) is 11.0 Å². The first-order chi connectivity index (χ1) is 13.5. The number of hydrogen-bond donors (Lipinski definition) is 0. The summed E-state index contributed by atoms with van der Waals surface area (Å²) in [5.74, 6) is -2.80. The highest BCUT2D eigenvalue weighted by atomic mass is 35.5. The summed E-state index contributed by atoms with van der Waals surface area (Å²) in [5, 5.41) is 5.97.